The molecule has 0 heterocycles. The van der Waals surface area contributed by atoms with E-state index in [2.05, 4.69) is 33.0 Å². The monoisotopic (exact) mass is 225 g/mol. The first kappa shape index (κ1) is 14.0. The first-order chi connectivity index (χ1) is 7.70. The maximum atomic E-state index is 3.85. The van der Waals surface area contributed by atoms with Crippen LogP contribution in [0.1, 0.15) is 72.6 Å². The lowest BCUT2D eigenvalue weighted by Crippen LogP contribution is -2.48. The Kier molecular flexibility index (Phi) is 5.82. The van der Waals surface area contributed by atoms with Crippen LogP contribution in [0.2, 0.25) is 0 Å². The zero-order valence-electron chi connectivity index (χ0n) is 11.8. The summed E-state index contributed by atoms with van der Waals surface area (Å²) in [6.45, 7) is 10.6. The molecule has 2 unspecified atom stereocenters. The van der Waals surface area contributed by atoms with Gasteiger partial charge in [-0.3, -0.25) is 0 Å². The molecule has 0 aromatic rings. The van der Waals surface area contributed by atoms with Crippen molar-refractivity contribution in [3.63, 3.8) is 0 Å². The number of rotatable bonds is 7. The minimum absolute atomic E-state index is 0.616. The molecular weight excluding hydrogens is 194 g/mol. The third-order valence-electron chi connectivity index (χ3n) is 4.79. The van der Waals surface area contributed by atoms with E-state index >= 15 is 0 Å². The summed E-state index contributed by atoms with van der Waals surface area (Å²) in [7, 11) is 0. The highest BCUT2D eigenvalue weighted by Crippen LogP contribution is 2.46. The lowest BCUT2D eigenvalue weighted by atomic mass is 9.71. The first-order valence-electron chi connectivity index (χ1n) is 7.43. The van der Waals surface area contributed by atoms with Crippen LogP contribution >= 0.6 is 0 Å². The molecule has 1 nitrogen and oxygen atoms in total. The summed E-state index contributed by atoms with van der Waals surface area (Å²) < 4.78 is 0. The van der Waals surface area contributed by atoms with Gasteiger partial charge in [0.25, 0.3) is 0 Å². The summed E-state index contributed by atoms with van der Waals surface area (Å²) in [6, 6.07) is 0.755. The van der Waals surface area contributed by atoms with Crippen LogP contribution in [0.3, 0.4) is 0 Å². The lowest BCUT2D eigenvalue weighted by molar-refractivity contribution is 0.136. The molecule has 1 aliphatic carbocycles. The zero-order chi connectivity index (χ0) is 12.0. The van der Waals surface area contributed by atoms with Crippen molar-refractivity contribution in [1.82, 2.24) is 5.32 Å². The Morgan fingerprint density at radius 3 is 2.19 bits per heavy atom. The van der Waals surface area contributed by atoms with Crippen molar-refractivity contribution in [2.45, 2.75) is 78.7 Å². The van der Waals surface area contributed by atoms with Gasteiger partial charge in [0.15, 0.2) is 0 Å². The quantitative estimate of drug-likeness (QED) is 0.678. The van der Waals surface area contributed by atoms with Crippen LogP contribution in [0.5, 0.6) is 0 Å². The second-order valence-electron chi connectivity index (χ2n) is 5.74. The SMILES string of the molecule is CCCNC(C(C)CC)C1(CC)CCCC1. The third-order valence-corrected chi connectivity index (χ3v) is 4.79. The Balaban J connectivity index is 2.71. The number of nitrogens with one attached hydrogen (secondary N) is 1. The van der Waals surface area contributed by atoms with E-state index in [1.165, 1.54) is 51.5 Å². The van der Waals surface area contributed by atoms with E-state index in [4.69, 9.17) is 0 Å². The Hall–Kier alpha value is -0.0400. The van der Waals surface area contributed by atoms with Crippen molar-refractivity contribution >= 4 is 0 Å². The molecule has 1 fully saturated rings. The van der Waals surface area contributed by atoms with Crippen LogP contribution < -0.4 is 5.32 Å². The fraction of sp³-hybridized carbons (Fsp3) is 1.00. The van der Waals surface area contributed by atoms with Gasteiger partial charge >= 0.3 is 0 Å². The molecule has 16 heavy (non-hydrogen) atoms. The smallest absolute Gasteiger partial charge is 0.0149 e. The van der Waals surface area contributed by atoms with Crippen LogP contribution in [-0.4, -0.2) is 12.6 Å². The summed E-state index contributed by atoms with van der Waals surface area (Å²) in [5.74, 6) is 0.824. The highest BCUT2D eigenvalue weighted by molar-refractivity contribution is 4.95. The molecule has 0 aliphatic heterocycles. The Morgan fingerprint density at radius 2 is 1.75 bits per heavy atom. The maximum Gasteiger partial charge on any atom is 0.0149 e. The fourth-order valence-corrected chi connectivity index (χ4v) is 3.52. The van der Waals surface area contributed by atoms with E-state index in [9.17, 15) is 0 Å². The van der Waals surface area contributed by atoms with E-state index < -0.39 is 0 Å². The molecule has 1 aliphatic rings. The molecule has 2 atom stereocenters. The van der Waals surface area contributed by atoms with Crippen LogP contribution in [-0.2, 0) is 0 Å². The van der Waals surface area contributed by atoms with Crippen molar-refractivity contribution in [1.29, 1.82) is 0 Å². The molecule has 0 aromatic carbocycles. The Morgan fingerprint density at radius 1 is 1.12 bits per heavy atom. The summed E-state index contributed by atoms with van der Waals surface area (Å²) >= 11 is 0. The highest BCUT2D eigenvalue weighted by Gasteiger charge is 2.41. The van der Waals surface area contributed by atoms with Gasteiger partial charge in [-0.25, -0.2) is 0 Å². The fourth-order valence-electron chi connectivity index (χ4n) is 3.52. The number of hydrogen-bond acceptors (Lipinski definition) is 1. The maximum absolute atomic E-state index is 3.85. The average molecular weight is 225 g/mol. The van der Waals surface area contributed by atoms with E-state index in [0.717, 1.165) is 12.0 Å². The molecule has 1 N–H and O–H groups in total. The largest absolute Gasteiger partial charge is 0.313 e. The minimum atomic E-state index is 0.616. The van der Waals surface area contributed by atoms with Crippen molar-refractivity contribution in [3.05, 3.63) is 0 Å². The van der Waals surface area contributed by atoms with Gasteiger partial charge < -0.3 is 5.32 Å². The molecule has 0 saturated heterocycles. The average Bonchev–Trinajstić information content (AvgIpc) is 2.79. The van der Waals surface area contributed by atoms with Gasteiger partial charge in [0.05, 0.1) is 0 Å². The number of hydrogen-bond donors (Lipinski definition) is 1. The third kappa shape index (κ3) is 3.00. The molecule has 1 rings (SSSR count). The molecule has 0 bridgehead atoms. The van der Waals surface area contributed by atoms with Crippen LogP contribution in [0.25, 0.3) is 0 Å². The van der Waals surface area contributed by atoms with Crippen molar-refractivity contribution in [3.8, 4) is 0 Å². The lowest BCUT2D eigenvalue weighted by Gasteiger charge is -2.41. The zero-order valence-corrected chi connectivity index (χ0v) is 11.8. The van der Waals surface area contributed by atoms with Crippen molar-refractivity contribution in [2.24, 2.45) is 11.3 Å². The summed E-state index contributed by atoms with van der Waals surface area (Å²) in [4.78, 5) is 0. The van der Waals surface area contributed by atoms with Gasteiger partial charge in [0, 0.05) is 6.04 Å². The summed E-state index contributed by atoms with van der Waals surface area (Å²) in [6.07, 6.45) is 9.74. The summed E-state index contributed by atoms with van der Waals surface area (Å²) in [5, 5.41) is 3.85. The van der Waals surface area contributed by atoms with E-state index in [1.807, 2.05) is 0 Å². The Labute approximate surface area is 102 Å². The van der Waals surface area contributed by atoms with Gasteiger partial charge in [-0.1, -0.05) is 47.0 Å². The second-order valence-corrected chi connectivity index (χ2v) is 5.74. The summed E-state index contributed by atoms with van der Waals surface area (Å²) in [5.41, 5.74) is 0.616. The van der Waals surface area contributed by atoms with Gasteiger partial charge in [-0.15, -0.1) is 0 Å². The topological polar surface area (TPSA) is 12.0 Å². The van der Waals surface area contributed by atoms with Crippen LogP contribution in [0.4, 0.5) is 0 Å². The van der Waals surface area contributed by atoms with Gasteiger partial charge in [0.2, 0.25) is 0 Å². The molecule has 0 aromatic heterocycles. The van der Waals surface area contributed by atoms with E-state index in [-0.39, 0.29) is 0 Å². The van der Waals surface area contributed by atoms with Crippen LogP contribution in [0.15, 0.2) is 0 Å². The predicted molar refractivity (Wildman–Crippen MR) is 72.7 cm³/mol. The second kappa shape index (κ2) is 6.64. The van der Waals surface area contributed by atoms with E-state index in [1.54, 1.807) is 0 Å². The van der Waals surface area contributed by atoms with Gasteiger partial charge in [0.1, 0.15) is 0 Å². The molecule has 1 saturated carbocycles. The normalized spacial score (nSPS) is 23.2. The molecule has 0 amide bonds. The Bertz CT molecular complexity index is 182. The molecule has 0 radical (unpaired) electrons. The van der Waals surface area contributed by atoms with Crippen molar-refractivity contribution < 1.29 is 0 Å². The molecule has 1 heteroatoms. The minimum Gasteiger partial charge on any atom is -0.313 e. The molecule has 96 valence electrons. The first-order valence-corrected chi connectivity index (χ1v) is 7.43. The molecule has 0 spiro atoms. The van der Waals surface area contributed by atoms with Gasteiger partial charge in [-0.05, 0) is 43.6 Å². The molecular formula is C15H31N. The predicted octanol–water partition coefficient (Wildman–Crippen LogP) is 4.37. The highest BCUT2D eigenvalue weighted by atomic mass is 14.9. The van der Waals surface area contributed by atoms with Crippen LogP contribution in [0, 0.1) is 11.3 Å². The van der Waals surface area contributed by atoms with Crippen molar-refractivity contribution in [2.75, 3.05) is 6.54 Å². The van der Waals surface area contributed by atoms with E-state index in [0.29, 0.717) is 5.41 Å². The standard InChI is InChI=1S/C15H31N/c1-5-12-16-14(13(4)6-2)15(7-3)10-8-9-11-15/h13-14,16H,5-12H2,1-4H3. The van der Waals surface area contributed by atoms with Gasteiger partial charge in [-0.2, -0.15) is 0 Å².